The molecule has 0 spiro atoms. The highest BCUT2D eigenvalue weighted by Gasteiger charge is 2.37. The van der Waals surface area contributed by atoms with Crippen LogP contribution in [0, 0.1) is 6.92 Å². The summed E-state index contributed by atoms with van der Waals surface area (Å²) in [6.07, 6.45) is 1.19. The SMILES string of the molecule is CNC1CN(c2ccc(C)c(Br)c2)C(C)(C)C1. The van der Waals surface area contributed by atoms with Crippen LogP contribution in [0.3, 0.4) is 0 Å². The third-order valence-electron chi connectivity index (χ3n) is 3.75. The Hall–Kier alpha value is -0.540. The largest absolute Gasteiger partial charge is 0.365 e. The summed E-state index contributed by atoms with van der Waals surface area (Å²) in [6.45, 7) is 7.84. The zero-order valence-corrected chi connectivity index (χ0v) is 12.6. The van der Waals surface area contributed by atoms with E-state index >= 15 is 0 Å². The van der Waals surface area contributed by atoms with Gasteiger partial charge in [0.1, 0.15) is 0 Å². The van der Waals surface area contributed by atoms with Crippen LogP contribution in [0.5, 0.6) is 0 Å². The number of halogens is 1. The zero-order valence-electron chi connectivity index (χ0n) is 11.0. The normalized spacial score (nSPS) is 23.1. The summed E-state index contributed by atoms with van der Waals surface area (Å²) in [5, 5.41) is 3.39. The van der Waals surface area contributed by atoms with Crippen LogP contribution < -0.4 is 10.2 Å². The third kappa shape index (κ3) is 2.50. The molecule has 0 aliphatic carbocycles. The molecule has 1 N–H and O–H groups in total. The van der Waals surface area contributed by atoms with E-state index in [0.29, 0.717) is 6.04 Å². The lowest BCUT2D eigenvalue weighted by atomic mass is 10.00. The van der Waals surface area contributed by atoms with Gasteiger partial charge in [0.25, 0.3) is 0 Å². The van der Waals surface area contributed by atoms with Gasteiger partial charge in [-0.25, -0.2) is 0 Å². The van der Waals surface area contributed by atoms with E-state index in [1.165, 1.54) is 22.1 Å². The average Bonchev–Trinajstić information content (AvgIpc) is 2.58. The van der Waals surface area contributed by atoms with Gasteiger partial charge in [-0.1, -0.05) is 22.0 Å². The van der Waals surface area contributed by atoms with Crippen molar-refractivity contribution >= 4 is 21.6 Å². The Morgan fingerprint density at radius 3 is 2.65 bits per heavy atom. The molecule has 1 saturated heterocycles. The lowest BCUT2D eigenvalue weighted by molar-refractivity contribution is 0.487. The maximum absolute atomic E-state index is 3.62. The molecule has 1 aliphatic heterocycles. The number of hydrogen-bond acceptors (Lipinski definition) is 2. The fourth-order valence-electron chi connectivity index (χ4n) is 2.64. The molecule has 1 fully saturated rings. The van der Waals surface area contributed by atoms with Crippen LogP contribution >= 0.6 is 15.9 Å². The monoisotopic (exact) mass is 296 g/mol. The summed E-state index contributed by atoms with van der Waals surface area (Å²) in [7, 11) is 2.05. The first kappa shape index (κ1) is 12.9. The van der Waals surface area contributed by atoms with Gasteiger partial charge in [-0.3, -0.25) is 0 Å². The maximum Gasteiger partial charge on any atom is 0.0382 e. The van der Waals surface area contributed by atoms with Gasteiger partial charge in [-0.2, -0.15) is 0 Å². The van der Waals surface area contributed by atoms with Crippen LogP contribution in [0.15, 0.2) is 22.7 Å². The van der Waals surface area contributed by atoms with E-state index in [-0.39, 0.29) is 5.54 Å². The lowest BCUT2D eigenvalue weighted by Gasteiger charge is -2.33. The Bertz CT molecular complexity index is 415. The quantitative estimate of drug-likeness (QED) is 0.900. The van der Waals surface area contributed by atoms with Crippen LogP contribution in [0.25, 0.3) is 0 Å². The topological polar surface area (TPSA) is 15.3 Å². The highest BCUT2D eigenvalue weighted by molar-refractivity contribution is 9.10. The highest BCUT2D eigenvalue weighted by atomic mass is 79.9. The molecule has 94 valence electrons. The second-order valence-corrected chi connectivity index (χ2v) is 6.40. The van der Waals surface area contributed by atoms with E-state index in [4.69, 9.17) is 0 Å². The Balaban J connectivity index is 2.30. The fraction of sp³-hybridized carbons (Fsp3) is 0.571. The predicted molar refractivity (Wildman–Crippen MR) is 77.8 cm³/mol. The summed E-state index contributed by atoms with van der Waals surface area (Å²) >= 11 is 3.62. The number of nitrogens with one attached hydrogen (secondary N) is 1. The summed E-state index contributed by atoms with van der Waals surface area (Å²) in [5.74, 6) is 0. The van der Waals surface area contributed by atoms with Crippen molar-refractivity contribution in [3.63, 3.8) is 0 Å². The lowest BCUT2D eigenvalue weighted by Crippen LogP contribution is -2.38. The number of benzene rings is 1. The van der Waals surface area contributed by atoms with Gasteiger partial charge in [-0.05, 0) is 51.9 Å². The van der Waals surface area contributed by atoms with Crippen LogP contribution in [0.4, 0.5) is 5.69 Å². The van der Waals surface area contributed by atoms with E-state index in [0.717, 1.165) is 6.54 Å². The first-order chi connectivity index (χ1) is 7.94. The van der Waals surface area contributed by atoms with E-state index < -0.39 is 0 Å². The average molecular weight is 297 g/mol. The zero-order chi connectivity index (χ0) is 12.6. The second kappa shape index (κ2) is 4.62. The molecule has 3 heteroatoms. The molecular formula is C14H21BrN2. The molecule has 0 aromatic heterocycles. The van der Waals surface area contributed by atoms with E-state index in [2.05, 4.69) is 72.2 Å². The minimum absolute atomic E-state index is 0.225. The van der Waals surface area contributed by atoms with Gasteiger partial charge >= 0.3 is 0 Å². The minimum atomic E-state index is 0.225. The van der Waals surface area contributed by atoms with Crippen molar-refractivity contribution in [2.75, 3.05) is 18.5 Å². The van der Waals surface area contributed by atoms with Crippen LogP contribution in [0.1, 0.15) is 25.8 Å². The molecule has 1 aromatic carbocycles. The molecule has 0 saturated carbocycles. The van der Waals surface area contributed by atoms with E-state index in [1.54, 1.807) is 0 Å². The number of nitrogens with zero attached hydrogens (tertiary/aromatic N) is 1. The summed E-state index contributed by atoms with van der Waals surface area (Å²) in [6, 6.07) is 7.22. The molecule has 0 bridgehead atoms. The Morgan fingerprint density at radius 1 is 1.41 bits per heavy atom. The fourth-order valence-corrected chi connectivity index (χ4v) is 3.01. The van der Waals surface area contributed by atoms with Gasteiger partial charge in [0.2, 0.25) is 0 Å². The number of likely N-dealkylation sites (N-methyl/N-ethyl adjacent to an activating group) is 1. The van der Waals surface area contributed by atoms with Gasteiger partial charge < -0.3 is 10.2 Å². The first-order valence-electron chi connectivity index (χ1n) is 6.15. The molecule has 1 aromatic rings. The van der Waals surface area contributed by atoms with Crippen LogP contribution in [-0.4, -0.2) is 25.2 Å². The molecule has 1 heterocycles. The maximum atomic E-state index is 3.62. The number of aryl methyl sites for hydroxylation is 1. The number of hydrogen-bond donors (Lipinski definition) is 1. The smallest absolute Gasteiger partial charge is 0.0382 e. The Morgan fingerprint density at radius 2 is 2.12 bits per heavy atom. The first-order valence-corrected chi connectivity index (χ1v) is 6.94. The van der Waals surface area contributed by atoms with E-state index in [1.807, 2.05) is 0 Å². The molecule has 0 radical (unpaired) electrons. The van der Waals surface area contributed by atoms with Crippen molar-refractivity contribution < 1.29 is 0 Å². The number of rotatable bonds is 2. The standard InChI is InChI=1S/C14H21BrN2/c1-10-5-6-12(7-13(10)15)17-9-11(16-4)8-14(17,2)3/h5-7,11,16H,8-9H2,1-4H3. The van der Waals surface area contributed by atoms with Crippen molar-refractivity contribution in [3.8, 4) is 0 Å². The second-order valence-electron chi connectivity index (χ2n) is 5.55. The Labute approximate surface area is 113 Å². The van der Waals surface area contributed by atoms with Gasteiger partial charge in [-0.15, -0.1) is 0 Å². The van der Waals surface area contributed by atoms with Crippen molar-refractivity contribution in [1.29, 1.82) is 0 Å². The van der Waals surface area contributed by atoms with Gasteiger partial charge in [0.15, 0.2) is 0 Å². The molecule has 1 aliphatic rings. The molecule has 2 nitrogen and oxygen atoms in total. The molecule has 1 unspecified atom stereocenters. The van der Waals surface area contributed by atoms with Gasteiger partial charge in [0, 0.05) is 28.3 Å². The van der Waals surface area contributed by atoms with Crippen LogP contribution in [0.2, 0.25) is 0 Å². The molecule has 0 amide bonds. The predicted octanol–water partition coefficient (Wildman–Crippen LogP) is 3.33. The summed E-state index contributed by atoms with van der Waals surface area (Å²) in [5.41, 5.74) is 2.82. The minimum Gasteiger partial charge on any atom is -0.365 e. The number of anilines is 1. The highest BCUT2D eigenvalue weighted by Crippen LogP contribution is 2.35. The van der Waals surface area contributed by atoms with Crippen molar-refractivity contribution in [2.45, 2.75) is 38.8 Å². The van der Waals surface area contributed by atoms with Crippen LogP contribution in [-0.2, 0) is 0 Å². The molecule has 17 heavy (non-hydrogen) atoms. The molecule has 1 atom stereocenters. The van der Waals surface area contributed by atoms with Gasteiger partial charge in [0.05, 0.1) is 0 Å². The van der Waals surface area contributed by atoms with Crippen molar-refractivity contribution in [3.05, 3.63) is 28.2 Å². The third-order valence-corrected chi connectivity index (χ3v) is 4.61. The van der Waals surface area contributed by atoms with E-state index in [9.17, 15) is 0 Å². The molecule has 2 rings (SSSR count). The van der Waals surface area contributed by atoms with Crippen molar-refractivity contribution in [1.82, 2.24) is 5.32 Å². The van der Waals surface area contributed by atoms with Crippen molar-refractivity contribution in [2.24, 2.45) is 0 Å². The summed E-state index contributed by atoms with van der Waals surface area (Å²) < 4.78 is 1.19. The Kier molecular flexibility index (Phi) is 3.50. The molecular weight excluding hydrogens is 276 g/mol. The summed E-state index contributed by atoms with van der Waals surface area (Å²) in [4.78, 5) is 2.50.